The molecule has 266 valence electrons. The van der Waals surface area contributed by atoms with E-state index in [0.717, 1.165) is 52.1 Å². The van der Waals surface area contributed by atoms with Crippen LogP contribution in [0.4, 0.5) is 30.6 Å². The van der Waals surface area contributed by atoms with Crippen LogP contribution in [0.1, 0.15) is 36.2 Å². The monoisotopic (exact) mass is 693 g/mol. The molecule has 2 amide bonds. The summed E-state index contributed by atoms with van der Waals surface area (Å²) in [5.41, 5.74) is 0.902. The normalized spacial score (nSPS) is 20.4. The molecule has 50 heavy (non-hydrogen) atoms. The second-order valence-corrected chi connectivity index (χ2v) is 13.5. The summed E-state index contributed by atoms with van der Waals surface area (Å²) in [5, 5.41) is 12.2. The Morgan fingerprint density at radius 3 is 2.08 bits per heavy atom. The number of benzene rings is 2. The standard InChI is InChI=1S/C35H41F2N7O6/c1-22(45)38-19-25-20-44(35(49)50-25)24-4-5-30(28(36)16-24)41-12-8-39(9-13-41)6-7-40-10-14-42(15-11-40)32-18-31-26(17-29(32)37)33(46)27(34(47)48)21-43(31)23-2-3-23/h4-5,16-18,21,23,25H,2-3,6-15,19-20H2,1H3,(H,38,45)(H,47,48). The molecule has 7 rings (SSSR count). The van der Waals surface area contributed by atoms with Crippen molar-refractivity contribution < 1.29 is 33.0 Å². The van der Waals surface area contributed by atoms with Gasteiger partial charge in [0, 0.05) is 90.0 Å². The third-order valence-corrected chi connectivity index (χ3v) is 10.1. The van der Waals surface area contributed by atoms with Crippen molar-refractivity contribution in [3.8, 4) is 0 Å². The Hall–Kier alpha value is -4.76. The maximum absolute atomic E-state index is 15.4. The third kappa shape index (κ3) is 6.97. The lowest BCUT2D eigenvalue weighted by atomic mass is 10.1. The van der Waals surface area contributed by atoms with Crippen LogP contribution in [0.2, 0.25) is 0 Å². The van der Waals surface area contributed by atoms with Crippen LogP contribution >= 0.6 is 0 Å². The molecule has 0 bridgehead atoms. The topological polar surface area (TPSA) is 131 Å². The zero-order valence-electron chi connectivity index (χ0n) is 27.9. The summed E-state index contributed by atoms with van der Waals surface area (Å²) in [7, 11) is 0. The van der Waals surface area contributed by atoms with E-state index in [1.54, 1.807) is 18.2 Å². The molecule has 4 fully saturated rings. The summed E-state index contributed by atoms with van der Waals surface area (Å²) in [6.07, 6.45) is 2.12. The molecular weight excluding hydrogens is 652 g/mol. The minimum absolute atomic E-state index is 0.0968. The summed E-state index contributed by atoms with van der Waals surface area (Å²) in [6, 6.07) is 7.79. The van der Waals surface area contributed by atoms with Crippen molar-refractivity contribution >= 4 is 45.9 Å². The first-order chi connectivity index (χ1) is 24.0. The van der Waals surface area contributed by atoms with Gasteiger partial charge in [0.2, 0.25) is 11.3 Å². The average molecular weight is 694 g/mol. The first kappa shape index (κ1) is 33.7. The second-order valence-electron chi connectivity index (χ2n) is 13.5. The third-order valence-electron chi connectivity index (χ3n) is 10.1. The van der Waals surface area contributed by atoms with Crippen molar-refractivity contribution in [3.05, 3.63) is 63.9 Å². The number of fused-ring (bicyclic) bond motifs is 1. The predicted molar refractivity (Wildman–Crippen MR) is 183 cm³/mol. The number of nitrogens with zero attached hydrogens (tertiary/aromatic N) is 6. The van der Waals surface area contributed by atoms with Gasteiger partial charge in [-0.05, 0) is 43.2 Å². The van der Waals surface area contributed by atoms with Gasteiger partial charge in [-0.1, -0.05) is 0 Å². The lowest BCUT2D eigenvalue weighted by Gasteiger charge is -2.39. The van der Waals surface area contributed by atoms with Crippen LogP contribution in [-0.2, 0) is 9.53 Å². The quantitative estimate of drug-likeness (QED) is 0.327. The molecule has 4 aliphatic rings. The van der Waals surface area contributed by atoms with Gasteiger partial charge >= 0.3 is 12.1 Å². The molecule has 3 aromatic rings. The van der Waals surface area contributed by atoms with Gasteiger partial charge in [-0.3, -0.25) is 24.3 Å². The number of anilines is 3. The highest BCUT2D eigenvalue weighted by atomic mass is 19.1. The van der Waals surface area contributed by atoms with E-state index in [0.29, 0.717) is 48.8 Å². The Labute approximate surface area is 287 Å². The number of nitrogens with one attached hydrogen (secondary N) is 1. The molecule has 1 atom stereocenters. The minimum Gasteiger partial charge on any atom is -0.477 e. The van der Waals surface area contributed by atoms with Crippen molar-refractivity contribution in [3.63, 3.8) is 0 Å². The number of amides is 2. The number of rotatable bonds is 10. The molecule has 3 aliphatic heterocycles. The number of ether oxygens (including phenoxy) is 1. The molecule has 1 aromatic heterocycles. The highest BCUT2D eigenvalue weighted by Crippen LogP contribution is 2.38. The predicted octanol–water partition coefficient (Wildman–Crippen LogP) is 2.72. The highest BCUT2D eigenvalue weighted by molar-refractivity contribution is 5.94. The molecule has 15 heteroatoms. The Balaban J connectivity index is 0.898. The molecule has 2 aromatic carbocycles. The van der Waals surface area contributed by atoms with Gasteiger partial charge < -0.3 is 29.5 Å². The van der Waals surface area contributed by atoms with Crippen LogP contribution in [0.15, 0.2) is 41.3 Å². The Morgan fingerprint density at radius 1 is 0.880 bits per heavy atom. The fourth-order valence-corrected chi connectivity index (χ4v) is 7.13. The van der Waals surface area contributed by atoms with Crippen LogP contribution in [0, 0.1) is 11.6 Å². The molecule has 2 N–H and O–H groups in total. The van der Waals surface area contributed by atoms with Crippen molar-refractivity contribution in [1.82, 2.24) is 19.7 Å². The average Bonchev–Trinajstić information content (AvgIpc) is 3.88. The number of pyridine rings is 1. The van der Waals surface area contributed by atoms with Crippen molar-refractivity contribution in [2.24, 2.45) is 0 Å². The van der Waals surface area contributed by atoms with E-state index in [1.807, 2.05) is 14.4 Å². The lowest BCUT2D eigenvalue weighted by Crippen LogP contribution is -2.51. The van der Waals surface area contributed by atoms with Gasteiger partial charge in [0.05, 0.1) is 35.7 Å². The summed E-state index contributed by atoms with van der Waals surface area (Å²) < 4.78 is 37.8. The van der Waals surface area contributed by atoms with E-state index < -0.39 is 35.2 Å². The van der Waals surface area contributed by atoms with Gasteiger partial charge in [-0.2, -0.15) is 0 Å². The van der Waals surface area contributed by atoms with E-state index in [4.69, 9.17) is 4.74 Å². The fraction of sp³-hybridized carbons (Fsp3) is 0.486. The fourth-order valence-electron chi connectivity index (χ4n) is 7.13. The zero-order chi connectivity index (χ0) is 35.1. The number of aromatic nitrogens is 1. The van der Waals surface area contributed by atoms with E-state index in [1.165, 1.54) is 30.2 Å². The minimum atomic E-state index is -1.31. The molecule has 1 unspecified atom stereocenters. The number of aromatic carboxylic acids is 1. The summed E-state index contributed by atoms with van der Waals surface area (Å²) >= 11 is 0. The van der Waals surface area contributed by atoms with Crippen molar-refractivity contribution in [2.45, 2.75) is 31.9 Å². The molecule has 1 saturated carbocycles. The molecule has 0 radical (unpaired) electrons. The highest BCUT2D eigenvalue weighted by Gasteiger charge is 2.33. The van der Waals surface area contributed by atoms with Crippen LogP contribution < -0.4 is 25.4 Å². The van der Waals surface area contributed by atoms with Crippen molar-refractivity contribution in [1.29, 1.82) is 0 Å². The van der Waals surface area contributed by atoms with E-state index >= 15 is 8.78 Å². The van der Waals surface area contributed by atoms with Crippen molar-refractivity contribution in [2.75, 3.05) is 93.2 Å². The molecule has 4 heterocycles. The first-order valence-electron chi connectivity index (χ1n) is 17.1. The van der Waals surface area contributed by atoms with Gasteiger partial charge in [0.15, 0.2) is 0 Å². The number of piperazine rings is 2. The summed E-state index contributed by atoms with van der Waals surface area (Å²) in [5.74, 6) is -2.45. The Bertz CT molecular complexity index is 1870. The SMILES string of the molecule is CC(=O)NCC1CN(c2ccc(N3CCN(CCN4CCN(c5cc6c(cc5F)c(=O)c(C(=O)O)cn6C5CC5)CC4)CC3)c(F)c2)C(=O)O1. The van der Waals surface area contributed by atoms with Crippen LogP contribution in [0.25, 0.3) is 10.9 Å². The Morgan fingerprint density at radius 2 is 1.50 bits per heavy atom. The number of halogens is 2. The second kappa shape index (κ2) is 13.9. The smallest absolute Gasteiger partial charge is 0.414 e. The van der Waals surface area contributed by atoms with Gasteiger partial charge in [0.1, 0.15) is 23.3 Å². The van der Waals surface area contributed by atoms with Gasteiger partial charge in [-0.25, -0.2) is 18.4 Å². The van der Waals surface area contributed by atoms with E-state index in [2.05, 4.69) is 15.1 Å². The Kier molecular flexibility index (Phi) is 9.35. The van der Waals surface area contributed by atoms with Gasteiger partial charge in [0.25, 0.3) is 0 Å². The maximum Gasteiger partial charge on any atom is 0.414 e. The molecule has 3 saturated heterocycles. The van der Waals surface area contributed by atoms with Crippen LogP contribution in [0.3, 0.4) is 0 Å². The first-order valence-corrected chi connectivity index (χ1v) is 17.1. The number of carboxylic acid groups (broad SMARTS) is 1. The van der Waals surface area contributed by atoms with Crippen LogP contribution in [0.5, 0.6) is 0 Å². The number of hydrogen-bond acceptors (Lipinski definition) is 9. The number of carbonyl (C=O) groups excluding carboxylic acids is 2. The zero-order valence-corrected chi connectivity index (χ0v) is 27.9. The molecule has 1 aliphatic carbocycles. The van der Waals surface area contributed by atoms with Gasteiger partial charge in [-0.15, -0.1) is 0 Å². The number of carboxylic acids is 1. The molecule has 0 spiro atoms. The number of cyclic esters (lactones) is 1. The molecule has 13 nitrogen and oxygen atoms in total. The maximum atomic E-state index is 15.4. The lowest BCUT2D eigenvalue weighted by molar-refractivity contribution is -0.119. The van der Waals surface area contributed by atoms with Crippen LogP contribution in [-0.4, -0.2) is 122 Å². The van der Waals surface area contributed by atoms with E-state index in [9.17, 15) is 24.3 Å². The summed E-state index contributed by atoms with van der Waals surface area (Å²) in [4.78, 5) is 58.1. The number of hydrogen-bond donors (Lipinski definition) is 2. The summed E-state index contributed by atoms with van der Waals surface area (Å²) in [6.45, 7) is 9.16. The number of carbonyl (C=O) groups is 3. The largest absolute Gasteiger partial charge is 0.477 e. The van der Waals surface area contributed by atoms with E-state index in [-0.39, 0.29) is 36.0 Å². The molecular formula is C35H41F2N7O6.